The molecule has 1 aromatic rings. The van der Waals surface area contributed by atoms with Crippen LogP contribution in [0.15, 0.2) is 23.2 Å². The lowest BCUT2D eigenvalue weighted by Crippen LogP contribution is -2.42. The van der Waals surface area contributed by atoms with E-state index in [1.54, 1.807) is 14.2 Å². The molecule has 0 spiro atoms. The summed E-state index contributed by atoms with van der Waals surface area (Å²) in [5.41, 5.74) is 1.11. The van der Waals surface area contributed by atoms with E-state index in [4.69, 9.17) is 9.47 Å². The Morgan fingerprint density at radius 3 is 2.41 bits per heavy atom. The molecule has 0 radical (unpaired) electrons. The predicted octanol–water partition coefficient (Wildman–Crippen LogP) is 3.84. The number of nitrogens with one attached hydrogen (secondary N) is 2. The molecule has 0 aliphatic rings. The molecule has 2 N–H and O–H groups in total. The summed E-state index contributed by atoms with van der Waals surface area (Å²) in [5, 5.41) is 6.73. The third-order valence-corrected chi connectivity index (χ3v) is 5.95. The lowest BCUT2D eigenvalue weighted by atomic mass is 10.2. The normalized spacial score (nSPS) is 11.8. The standard InChI is InChI=1S/C21H38N4O2S.HI/c1-8-25(9-2)12-13-27-18-11-10-17(14-19(18)26-6)15-23-20(22-5)24-16-21(3,4)28-7;/h10-11,14H,8-9,12-13,15-16H2,1-7H3,(H2,22,23,24);1H. The third kappa shape index (κ3) is 10.6. The minimum absolute atomic E-state index is 0. The van der Waals surface area contributed by atoms with Gasteiger partial charge >= 0.3 is 0 Å². The minimum Gasteiger partial charge on any atom is -0.493 e. The highest BCUT2D eigenvalue weighted by Crippen LogP contribution is 2.28. The van der Waals surface area contributed by atoms with Gasteiger partial charge in [0.15, 0.2) is 17.5 Å². The zero-order valence-electron chi connectivity index (χ0n) is 19.0. The Morgan fingerprint density at radius 1 is 1.17 bits per heavy atom. The van der Waals surface area contributed by atoms with Gasteiger partial charge < -0.3 is 25.0 Å². The molecular weight excluding hydrogens is 499 g/mol. The summed E-state index contributed by atoms with van der Waals surface area (Å²) in [4.78, 5) is 6.63. The highest BCUT2D eigenvalue weighted by atomic mass is 127. The summed E-state index contributed by atoms with van der Waals surface area (Å²) < 4.78 is 11.6. The van der Waals surface area contributed by atoms with Gasteiger partial charge in [-0.1, -0.05) is 19.9 Å². The molecule has 0 aliphatic heterocycles. The first kappa shape index (κ1) is 28.1. The van der Waals surface area contributed by atoms with Gasteiger partial charge in [-0.2, -0.15) is 11.8 Å². The molecule has 168 valence electrons. The summed E-state index contributed by atoms with van der Waals surface area (Å²) >= 11 is 1.83. The number of thioether (sulfide) groups is 1. The van der Waals surface area contributed by atoms with E-state index in [0.29, 0.717) is 13.2 Å². The molecule has 0 aliphatic carbocycles. The number of methoxy groups -OCH3 is 1. The minimum atomic E-state index is 0. The van der Waals surface area contributed by atoms with Crippen molar-refractivity contribution in [2.24, 2.45) is 4.99 Å². The van der Waals surface area contributed by atoms with Crippen LogP contribution in [0.5, 0.6) is 11.5 Å². The number of hydrogen-bond donors (Lipinski definition) is 2. The Hall–Kier alpha value is -0.870. The van der Waals surface area contributed by atoms with Crippen molar-refractivity contribution in [3.63, 3.8) is 0 Å². The number of hydrogen-bond acceptors (Lipinski definition) is 5. The molecule has 0 amide bonds. The Balaban J connectivity index is 0.00000784. The molecule has 0 saturated carbocycles. The van der Waals surface area contributed by atoms with Gasteiger partial charge in [0, 0.05) is 31.4 Å². The molecule has 0 unspecified atom stereocenters. The van der Waals surface area contributed by atoms with E-state index in [1.165, 1.54) is 0 Å². The van der Waals surface area contributed by atoms with Crippen LogP contribution in [0.3, 0.4) is 0 Å². The summed E-state index contributed by atoms with van der Waals surface area (Å²) in [7, 11) is 3.46. The molecule has 0 bridgehead atoms. The van der Waals surface area contributed by atoms with Crippen LogP contribution in [0.25, 0.3) is 0 Å². The van der Waals surface area contributed by atoms with Gasteiger partial charge in [0.2, 0.25) is 0 Å². The maximum atomic E-state index is 5.93. The number of halogens is 1. The molecule has 0 saturated heterocycles. The van der Waals surface area contributed by atoms with Crippen molar-refractivity contribution in [1.29, 1.82) is 0 Å². The Bertz CT molecular complexity index is 610. The van der Waals surface area contributed by atoms with Crippen molar-refractivity contribution in [1.82, 2.24) is 15.5 Å². The average molecular weight is 539 g/mol. The quantitative estimate of drug-likeness (QED) is 0.240. The van der Waals surface area contributed by atoms with Crippen LogP contribution in [0.2, 0.25) is 0 Å². The van der Waals surface area contributed by atoms with Crippen molar-refractivity contribution < 1.29 is 9.47 Å². The maximum absolute atomic E-state index is 5.93. The Kier molecular flexibility index (Phi) is 14.6. The van der Waals surface area contributed by atoms with Crippen LogP contribution in [-0.4, -0.2) is 68.8 Å². The van der Waals surface area contributed by atoms with Crippen LogP contribution in [0.4, 0.5) is 0 Å². The molecule has 8 heteroatoms. The third-order valence-electron chi connectivity index (χ3n) is 4.71. The largest absolute Gasteiger partial charge is 0.493 e. The lowest BCUT2D eigenvalue weighted by molar-refractivity contribution is 0.217. The van der Waals surface area contributed by atoms with Crippen molar-refractivity contribution >= 4 is 41.7 Å². The van der Waals surface area contributed by atoms with Crippen molar-refractivity contribution in [3.05, 3.63) is 23.8 Å². The van der Waals surface area contributed by atoms with Gasteiger partial charge in [-0.25, -0.2) is 0 Å². The van der Waals surface area contributed by atoms with Gasteiger partial charge in [-0.05, 0) is 50.9 Å². The fraction of sp³-hybridized carbons (Fsp3) is 0.667. The molecule has 6 nitrogen and oxygen atoms in total. The second-order valence-corrected chi connectivity index (χ2v) is 8.62. The molecule has 1 rings (SSSR count). The number of ether oxygens (including phenoxy) is 2. The maximum Gasteiger partial charge on any atom is 0.191 e. The summed E-state index contributed by atoms with van der Waals surface area (Å²) in [6.07, 6.45) is 2.12. The first-order valence-corrected chi connectivity index (χ1v) is 11.1. The van der Waals surface area contributed by atoms with Gasteiger partial charge in [-0.15, -0.1) is 24.0 Å². The van der Waals surface area contributed by atoms with Gasteiger partial charge in [0.1, 0.15) is 6.61 Å². The summed E-state index contributed by atoms with van der Waals surface area (Å²) in [6, 6.07) is 6.05. The topological polar surface area (TPSA) is 58.1 Å². The summed E-state index contributed by atoms with van der Waals surface area (Å²) in [6.45, 7) is 13.9. The van der Waals surface area contributed by atoms with E-state index in [-0.39, 0.29) is 28.7 Å². The van der Waals surface area contributed by atoms with Crippen LogP contribution < -0.4 is 20.1 Å². The highest BCUT2D eigenvalue weighted by molar-refractivity contribution is 14.0. The van der Waals surface area contributed by atoms with Crippen LogP contribution in [0, 0.1) is 0 Å². The smallest absolute Gasteiger partial charge is 0.191 e. The second kappa shape index (κ2) is 15.0. The monoisotopic (exact) mass is 538 g/mol. The van der Waals surface area contributed by atoms with Crippen LogP contribution >= 0.6 is 35.7 Å². The molecule has 29 heavy (non-hydrogen) atoms. The fourth-order valence-electron chi connectivity index (χ4n) is 2.54. The molecule has 1 aromatic carbocycles. The number of likely N-dealkylation sites (N-methyl/N-ethyl adjacent to an activating group) is 1. The number of nitrogens with zero attached hydrogens (tertiary/aromatic N) is 2. The summed E-state index contributed by atoms with van der Waals surface area (Å²) in [5.74, 6) is 2.33. The molecule has 0 atom stereocenters. The van der Waals surface area contributed by atoms with Crippen molar-refractivity contribution in [2.75, 3.05) is 53.2 Å². The van der Waals surface area contributed by atoms with E-state index in [1.807, 2.05) is 23.9 Å². The molecular formula is C21H39IN4O2S. The van der Waals surface area contributed by atoms with Gasteiger partial charge in [0.05, 0.1) is 7.11 Å². The van der Waals surface area contributed by atoms with Gasteiger partial charge in [0.25, 0.3) is 0 Å². The van der Waals surface area contributed by atoms with E-state index in [2.05, 4.69) is 60.5 Å². The van der Waals surface area contributed by atoms with Gasteiger partial charge in [-0.3, -0.25) is 4.99 Å². The molecule has 0 aromatic heterocycles. The molecule has 0 heterocycles. The van der Waals surface area contributed by atoms with Crippen LogP contribution in [-0.2, 0) is 6.54 Å². The lowest BCUT2D eigenvalue weighted by Gasteiger charge is -2.23. The number of aliphatic imine (C=N–C) groups is 1. The average Bonchev–Trinajstić information content (AvgIpc) is 2.71. The van der Waals surface area contributed by atoms with E-state index in [9.17, 15) is 0 Å². The fourth-order valence-corrected chi connectivity index (χ4v) is 2.76. The van der Waals surface area contributed by atoms with E-state index < -0.39 is 0 Å². The second-order valence-electron chi connectivity index (χ2n) is 7.10. The number of benzene rings is 1. The predicted molar refractivity (Wildman–Crippen MR) is 137 cm³/mol. The van der Waals surface area contributed by atoms with E-state index in [0.717, 1.165) is 49.2 Å². The zero-order valence-corrected chi connectivity index (χ0v) is 22.1. The van der Waals surface area contributed by atoms with Crippen molar-refractivity contribution in [3.8, 4) is 11.5 Å². The SMILES string of the molecule is CCN(CC)CCOc1ccc(CNC(=NC)NCC(C)(C)SC)cc1OC.I. The van der Waals surface area contributed by atoms with Crippen molar-refractivity contribution in [2.45, 2.75) is 39.0 Å². The van der Waals surface area contributed by atoms with Crippen LogP contribution in [0.1, 0.15) is 33.3 Å². The molecule has 0 fully saturated rings. The van der Waals surface area contributed by atoms with E-state index >= 15 is 0 Å². The Morgan fingerprint density at radius 2 is 1.86 bits per heavy atom. The Labute approximate surface area is 198 Å². The number of guanidine groups is 1. The first-order valence-electron chi connectivity index (χ1n) is 9.90. The first-order chi connectivity index (χ1) is 13.4. The highest BCUT2D eigenvalue weighted by Gasteiger charge is 2.16. The number of rotatable bonds is 12. The zero-order chi connectivity index (χ0) is 21.0.